The molecule has 0 aromatic rings. The van der Waals surface area contributed by atoms with Gasteiger partial charge in [-0.15, -0.1) is 5.73 Å². The van der Waals surface area contributed by atoms with Crippen molar-refractivity contribution >= 4 is 5.97 Å². The van der Waals surface area contributed by atoms with E-state index >= 15 is 0 Å². The fourth-order valence-corrected chi connectivity index (χ4v) is 1.23. The molecule has 0 spiro atoms. The molecule has 0 aliphatic heterocycles. The predicted molar refractivity (Wildman–Crippen MR) is 58.0 cm³/mol. The molecular formula is C12H20O2. The molecular weight excluding hydrogens is 176 g/mol. The Morgan fingerprint density at radius 2 is 2.14 bits per heavy atom. The van der Waals surface area contributed by atoms with Gasteiger partial charge in [0, 0.05) is 0 Å². The van der Waals surface area contributed by atoms with Gasteiger partial charge in [0.1, 0.15) is 0 Å². The second-order valence-electron chi connectivity index (χ2n) is 3.28. The van der Waals surface area contributed by atoms with Gasteiger partial charge in [0.15, 0.2) is 0 Å². The van der Waals surface area contributed by atoms with Gasteiger partial charge in [0.2, 0.25) is 0 Å². The van der Waals surface area contributed by atoms with Crippen molar-refractivity contribution in [1.82, 2.24) is 0 Å². The maximum absolute atomic E-state index is 11.4. The number of unbranched alkanes of at least 4 members (excludes halogenated alkanes) is 1. The van der Waals surface area contributed by atoms with Crippen LogP contribution in [-0.2, 0) is 9.53 Å². The van der Waals surface area contributed by atoms with Gasteiger partial charge in [0.05, 0.1) is 12.5 Å². The molecule has 0 rings (SSSR count). The standard InChI is InChI=1S/C12H20O2/c1-5-8-9-11(6-2)10(4)12(13)14-7-3/h10H,2,5,7-9H2,1,3-4H3. The van der Waals surface area contributed by atoms with Gasteiger partial charge >= 0.3 is 5.97 Å². The lowest BCUT2D eigenvalue weighted by atomic mass is 9.97. The maximum Gasteiger partial charge on any atom is 0.313 e. The SMILES string of the molecule is C=C=C(CCCC)C(C)C(=O)OCC. The molecule has 0 heterocycles. The highest BCUT2D eigenvalue weighted by molar-refractivity contribution is 5.75. The van der Waals surface area contributed by atoms with Crippen LogP contribution in [0, 0.1) is 5.92 Å². The summed E-state index contributed by atoms with van der Waals surface area (Å²) in [4.78, 5) is 11.4. The average molecular weight is 196 g/mol. The number of ether oxygens (including phenoxy) is 1. The van der Waals surface area contributed by atoms with Crippen LogP contribution >= 0.6 is 0 Å². The van der Waals surface area contributed by atoms with Crippen molar-refractivity contribution in [2.75, 3.05) is 6.61 Å². The van der Waals surface area contributed by atoms with Gasteiger partial charge < -0.3 is 4.74 Å². The van der Waals surface area contributed by atoms with Crippen molar-refractivity contribution in [3.8, 4) is 0 Å². The molecule has 0 fully saturated rings. The summed E-state index contributed by atoms with van der Waals surface area (Å²) in [7, 11) is 0. The monoisotopic (exact) mass is 196 g/mol. The number of esters is 1. The van der Waals surface area contributed by atoms with Crippen LogP contribution in [0.25, 0.3) is 0 Å². The van der Waals surface area contributed by atoms with Crippen LogP contribution in [0.5, 0.6) is 0 Å². The van der Waals surface area contributed by atoms with Gasteiger partial charge in [-0.2, -0.15) is 0 Å². The highest BCUT2D eigenvalue weighted by Gasteiger charge is 2.17. The normalized spacial score (nSPS) is 11.6. The quantitative estimate of drug-likeness (QED) is 0.482. The third-order valence-electron chi connectivity index (χ3n) is 2.19. The Bertz CT molecular complexity index is 224. The van der Waals surface area contributed by atoms with Crippen molar-refractivity contribution in [2.24, 2.45) is 5.92 Å². The number of hydrogen-bond donors (Lipinski definition) is 0. The van der Waals surface area contributed by atoms with Gasteiger partial charge in [0.25, 0.3) is 0 Å². The second-order valence-corrected chi connectivity index (χ2v) is 3.28. The molecule has 0 amide bonds. The van der Waals surface area contributed by atoms with Gasteiger partial charge in [-0.05, 0) is 32.3 Å². The predicted octanol–water partition coefficient (Wildman–Crippen LogP) is 3.09. The lowest BCUT2D eigenvalue weighted by Gasteiger charge is -2.12. The van der Waals surface area contributed by atoms with E-state index in [2.05, 4.69) is 19.2 Å². The fourth-order valence-electron chi connectivity index (χ4n) is 1.23. The van der Waals surface area contributed by atoms with E-state index in [-0.39, 0.29) is 11.9 Å². The second kappa shape index (κ2) is 7.40. The molecule has 0 saturated heterocycles. The minimum absolute atomic E-state index is 0.172. The third kappa shape index (κ3) is 4.29. The van der Waals surface area contributed by atoms with Crippen molar-refractivity contribution in [3.05, 3.63) is 17.9 Å². The Morgan fingerprint density at radius 1 is 1.50 bits per heavy atom. The summed E-state index contributed by atoms with van der Waals surface area (Å²) >= 11 is 0. The fraction of sp³-hybridized carbons (Fsp3) is 0.667. The zero-order chi connectivity index (χ0) is 11.0. The van der Waals surface area contributed by atoms with E-state index in [9.17, 15) is 4.79 Å². The summed E-state index contributed by atoms with van der Waals surface area (Å²) in [6.45, 7) is 9.82. The summed E-state index contributed by atoms with van der Waals surface area (Å²) in [6, 6.07) is 0. The molecule has 2 nitrogen and oxygen atoms in total. The first-order valence-electron chi connectivity index (χ1n) is 5.22. The topological polar surface area (TPSA) is 26.3 Å². The minimum atomic E-state index is -0.195. The van der Waals surface area contributed by atoms with Crippen LogP contribution < -0.4 is 0 Å². The molecule has 0 aliphatic carbocycles. The average Bonchev–Trinajstić information content (AvgIpc) is 2.19. The van der Waals surface area contributed by atoms with Crippen molar-refractivity contribution < 1.29 is 9.53 Å². The molecule has 0 bridgehead atoms. The minimum Gasteiger partial charge on any atom is -0.466 e. The third-order valence-corrected chi connectivity index (χ3v) is 2.19. The molecule has 14 heavy (non-hydrogen) atoms. The van der Waals surface area contributed by atoms with Crippen LogP contribution in [0.4, 0.5) is 0 Å². The maximum atomic E-state index is 11.4. The molecule has 0 N–H and O–H groups in total. The Balaban J connectivity index is 4.24. The zero-order valence-electron chi connectivity index (χ0n) is 9.43. The Morgan fingerprint density at radius 3 is 2.57 bits per heavy atom. The summed E-state index contributed by atoms with van der Waals surface area (Å²) < 4.78 is 4.94. The van der Waals surface area contributed by atoms with Crippen molar-refractivity contribution in [2.45, 2.75) is 40.0 Å². The summed E-state index contributed by atoms with van der Waals surface area (Å²) in [5.41, 5.74) is 3.81. The molecule has 0 radical (unpaired) electrons. The van der Waals surface area contributed by atoms with Crippen molar-refractivity contribution in [3.63, 3.8) is 0 Å². The molecule has 0 aromatic heterocycles. The molecule has 1 atom stereocenters. The van der Waals surface area contributed by atoms with E-state index in [1.165, 1.54) is 0 Å². The Labute approximate surface area is 86.6 Å². The van der Waals surface area contributed by atoms with Crippen LogP contribution in [0.3, 0.4) is 0 Å². The largest absolute Gasteiger partial charge is 0.466 e. The summed E-state index contributed by atoms with van der Waals surface area (Å²) in [5, 5.41) is 0. The number of carbonyl (C=O) groups is 1. The first-order chi connectivity index (χ1) is 6.67. The number of rotatable bonds is 6. The summed E-state index contributed by atoms with van der Waals surface area (Å²) in [6.07, 6.45) is 3.07. The Kier molecular flexibility index (Phi) is 6.87. The first-order valence-corrected chi connectivity index (χ1v) is 5.22. The highest BCUT2D eigenvalue weighted by Crippen LogP contribution is 2.17. The smallest absolute Gasteiger partial charge is 0.313 e. The molecule has 1 unspecified atom stereocenters. The molecule has 2 heteroatoms. The number of carbonyl (C=O) groups excluding carboxylic acids is 1. The van der Waals surface area contributed by atoms with Gasteiger partial charge in [-0.25, -0.2) is 0 Å². The van der Waals surface area contributed by atoms with Crippen molar-refractivity contribution in [1.29, 1.82) is 0 Å². The lowest BCUT2D eigenvalue weighted by Crippen LogP contribution is -2.16. The van der Waals surface area contributed by atoms with Crippen LogP contribution in [-0.4, -0.2) is 12.6 Å². The summed E-state index contributed by atoms with van der Waals surface area (Å²) in [5.74, 6) is -0.367. The van der Waals surface area contributed by atoms with E-state index in [0.717, 1.165) is 24.8 Å². The lowest BCUT2D eigenvalue weighted by molar-refractivity contribution is -0.146. The molecule has 0 saturated carbocycles. The van der Waals surface area contributed by atoms with Crippen LogP contribution in [0.15, 0.2) is 17.9 Å². The highest BCUT2D eigenvalue weighted by atomic mass is 16.5. The van der Waals surface area contributed by atoms with E-state index in [1.807, 2.05) is 13.8 Å². The Hall–Kier alpha value is -1.01. The zero-order valence-corrected chi connectivity index (χ0v) is 9.43. The number of hydrogen-bond acceptors (Lipinski definition) is 2. The van der Waals surface area contributed by atoms with Crippen LogP contribution in [0.2, 0.25) is 0 Å². The van der Waals surface area contributed by atoms with E-state index in [4.69, 9.17) is 4.74 Å². The molecule has 0 aromatic carbocycles. The van der Waals surface area contributed by atoms with Gasteiger partial charge in [-0.1, -0.05) is 19.9 Å². The molecule has 80 valence electrons. The first kappa shape index (κ1) is 13.0. The van der Waals surface area contributed by atoms with E-state index in [0.29, 0.717) is 6.61 Å². The van der Waals surface area contributed by atoms with Gasteiger partial charge in [-0.3, -0.25) is 4.79 Å². The van der Waals surface area contributed by atoms with Crippen LogP contribution in [0.1, 0.15) is 40.0 Å². The van der Waals surface area contributed by atoms with E-state index < -0.39 is 0 Å². The van der Waals surface area contributed by atoms with E-state index in [1.54, 1.807) is 0 Å². The molecule has 0 aliphatic rings.